The molecule has 1 aromatic heterocycles. The number of hydrogen-bond acceptors (Lipinski definition) is 5. The number of rotatable bonds is 4. The predicted molar refractivity (Wildman–Crippen MR) is 71.7 cm³/mol. The van der Waals surface area contributed by atoms with E-state index in [0.717, 1.165) is 44.3 Å². The number of morpholine rings is 1. The molecule has 2 rings (SSSR count). The fourth-order valence-electron chi connectivity index (χ4n) is 2.08. The lowest BCUT2D eigenvalue weighted by Gasteiger charge is -2.38. The lowest BCUT2D eigenvalue weighted by atomic mass is 10.1. The van der Waals surface area contributed by atoms with E-state index in [4.69, 9.17) is 4.74 Å². The van der Waals surface area contributed by atoms with Crippen molar-refractivity contribution in [1.82, 2.24) is 15.5 Å². The lowest BCUT2D eigenvalue weighted by Crippen LogP contribution is -2.48. The van der Waals surface area contributed by atoms with E-state index in [9.17, 15) is 0 Å². The van der Waals surface area contributed by atoms with E-state index in [1.165, 1.54) is 0 Å². The van der Waals surface area contributed by atoms with Crippen LogP contribution in [0.15, 0.2) is 12.1 Å². The van der Waals surface area contributed by atoms with Gasteiger partial charge in [-0.3, -0.25) is 0 Å². The van der Waals surface area contributed by atoms with Crippen molar-refractivity contribution < 1.29 is 4.74 Å². The maximum Gasteiger partial charge on any atom is 0.151 e. The van der Waals surface area contributed by atoms with Gasteiger partial charge in [0, 0.05) is 19.6 Å². The van der Waals surface area contributed by atoms with Gasteiger partial charge in [0.05, 0.1) is 17.9 Å². The van der Waals surface area contributed by atoms with Crippen LogP contribution in [-0.2, 0) is 11.3 Å². The SMILES string of the molecule is CCNCc1ccc(N2CCOC(C)(C)C2)nn1. The summed E-state index contributed by atoms with van der Waals surface area (Å²) >= 11 is 0. The van der Waals surface area contributed by atoms with E-state index in [0.29, 0.717) is 0 Å². The average Bonchev–Trinajstić information content (AvgIpc) is 2.36. The third kappa shape index (κ3) is 3.40. The van der Waals surface area contributed by atoms with Crippen LogP contribution in [-0.4, -0.2) is 42.0 Å². The zero-order valence-corrected chi connectivity index (χ0v) is 11.4. The number of nitrogens with zero attached hydrogens (tertiary/aromatic N) is 3. The van der Waals surface area contributed by atoms with E-state index in [1.807, 2.05) is 12.1 Å². The minimum atomic E-state index is -0.109. The largest absolute Gasteiger partial charge is 0.372 e. The molecule has 2 heterocycles. The monoisotopic (exact) mass is 250 g/mol. The molecule has 0 saturated carbocycles. The van der Waals surface area contributed by atoms with Gasteiger partial charge < -0.3 is 15.0 Å². The van der Waals surface area contributed by atoms with Crippen LogP contribution in [0.2, 0.25) is 0 Å². The van der Waals surface area contributed by atoms with Gasteiger partial charge in [0.1, 0.15) is 0 Å². The van der Waals surface area contributed by atoms with Crippen molar-refractivity contribution >= 4 is 5.82 Å². The molecule has 1 aliphatic rings. The van der Waals surface area contributed by atoms with Gasteiger partial charge in [-0.25, -0.2) is 0 Å². The summed E-state index contributed by atoms with van der Waals surface area (Å²) in [5.41, 5.74) is 0.871. The van der Waals surface area contributed by atoms with Gasteiger partial charge in [0.25, 0.3) is 0 Å². The standard InChI is InChI=1S/C13H22N4O/c1-4-14-9-11-5-6-12(16-15-11)17-7-8-18-13(2,3)10-17/h5-6,14H,4,7-10H2,1-3H3. The summed E-state index contributed by atoms with van der Waals surface area (Å²) in [5.74, 6) is 0.937. The predicted octanol–water partition coefficient (Wildman–Crippen LogP) is 1.20. The highest BCUT2D eigenvalue weighted by molar-refractivity contribution is 5.38. The Bertz CT molecular complexity index is 377. The highest BCUT2D eigenvalue weighted by Crippen LogP contribution is 2.20. The topological polar surface area (TPSA) is 50.3 Å². The van der Waals surface area contributed by atoms with Crippen LogP contribution in [0.3, 0.4) is 0 Å². The van der Waals surface area contributed by atoms with Crippen molar-refractivity contribution in [1.29, 1.82) is 0 Å². The smallest absolute Gasteiger partial charge is 0.151 e. The maximum absolute atomic E-state index is 5.69. The van der Waals surface area contributed by atoms with Crippen LogP contribution in [0.4, 0.5) is 5.82 Å². The molecule has 5 heteroatoms. The first kappa shape index (κ1) is 13.2. The molecule has 0 atom stereocenters. The second-order valence-corrected chi connectivity index (χ2v) is 5.19. The lowest BCUT2D eigenvalue weighted by molar-refractivity contribution is -0.0279. The van der Waals surface area contributed by atoms with Crippen molar-refractivity contribution in [3.8, 4) is 0 Å². The Kier molecular flexibility index (Phi) is 4.14. The summed E-state index contributed by atoms with van der Waals surface area (Å²) < 4.78 is 5.69. The van der Waals surface area contributed by atoms with Gasteiger partial charge in [0.2, 0.25) is 0 Å². The van der Waals surface area contributed by atoms with Crippen LogP contribution in [0, 0.1) is 0 Å². The van der Waals surface area contributed by atoms with Crippen molar-refractivity contribution in [2.45, 2.75) is 32.9 Å². The van der Waals surface area contributed by atoms with Gasteiger partial charge in [-0.05, 0) is 32.5 Å². The summed E-state index contributed by atoms with van der Waals surface area (Å²) in [4.78, 5) is 2.23. The average molecular weight is 250 g/mol. The van der Waals surface area contributed by atoms with Gasteiger partial charge in [-0.1, -0.05) is 6.92 Å². The molecule has 0 radical (unpaired) electrons. The Balaban J connectivity index is 2.00. The molecule has 0 aliphatic carbocycles. The summed E-state index contributed by atoms with van der Waals surface area (Å²) in [6.45, 7) is 10.5. The molecule has 18 heavy (non-hydrogen) atoms. The fraction of sp³-hybridized carbons (Fsp3) is 0.692. The molecule has 0 unspecified atom stereocenters. The van der Waals surface area contributed by atoms with E-state index >= 15 is 0 Å². The fourth-order valence-corrected chi connectivity index (χ4v) is 2.08. The van der Waals surface area contributed by atoms with Gasteiger partial charge in [-0.2, -0.15) is 5.10 Å². The van der Waals surface area contributed by atoms with Crippen LogP contribution < -0.4 is 10.2 Å². The minimum absolute atomic E-state index is 0.109. The van der Waals surface area contributed by atoms with Gasteiger partial charge in [0.15, 0.2) is 5.82 Å². The van der Waals surface area contributed by atoms with E-state index < -0.39 is 0 Å². The summed E-state index contributed by atoms with van der Waals surface area (Å²) in [6.07, 6.45) is 0. The van der Waals surface area contributed by atoms with Gasteiger partial charge in [-0.15, -0.1) is 5.10 Å². The first-order valence-corrected chi connectivity index (χ1v) is 6.53. The van der Waals surface area contributed by atoms with Crippen molar-refractivity contribution in [2.75, 3.05) is 31.1 Å². The van der Waals surface area contributed by atoms with E-state index in [-0.39, 0.29) is 5.60 Å². The summed E-state index contributed by atoms with van der Waals surface area (Å²) in [7, 11) is 0. The number of aromatic nitrogens is 2. The van der Waals surface area contributed by atoms with E-state index in [1.54, 1.807) is 0 Å². The molecule has 1 aliphatic heterocycles. The molecule has 100 valence electrons. The van der Waals surface area contributed by atoms with Crippen LogP contribution in [0.1, 0.15) is 26.5 Å². The molecule has 1 saturated heterocycles. The Morgan fingerprint density at radius 3 is 2.83 bits per heavy atom. The molecule has 1 N–H and O–H groups in total. The number of nitrogens with one attached hydrogen (secondary N) is 1. The summed E-state index contributed by atoms with van der Waals surface area (Å²) in [6, 6.07) is 4.08. The number of hydrogen-bond donors (Lipinski definition) is 1. The molecule has 0 bridgehead atoms. The Labute approximate surface area is 109 Å². The van der Waals surface area contributed by atoms with Gasteiger partial charge >= 0.3 is 0 Å². The molecular formula is C13H22N4O. The molecule has 0 aromatic carbocycles. The number of anilines is 1. The molecule has 1 fully saturated rings. The van der Waals surface area contributed by atoms with Crippen LogP contribution >= 0.6 is 0 Å². The normalized spacial score (nSPS) is 18.9. The highest BCUT2D eigenvalue weighted by atomic mass is 16.5. The molecule has 1 aromatic rings. The molecular weight excluding hydrogens is 228 g/mol. The number of ether oxygens (including phenoxy) is 1. The Hall–Kier alpha value is -1.20. The third-order valence-electron chi connectivity index (χ3n) is 3.01. The second-order valence-electron chi connectivity index (χ2n) is 5.19. The molecule has 0 spiro atoms. The zero-order valence-electron chi connectivity index (χ0n) is 11.4. The molecule has 5 nitrogen and oxygen atoms in total. The van der Waals surface area contributed by atoms with Crippen molar-refractivity contribution in [3.05, 3.63) is 17.8 Å². The highest BCUT2D eigenvalue weighted by Gasteiger charge is 2.27. The van der Waals surface area contributed by atoms with Crippen molar-refractivity contribution in [3.63, 3.8) is 0 Å². The van der Waals surface area contributed by atoms with E-state index in [2.05, 4.69) is 41.2 Å². The first-order valence-electron chi connectivity index (χ1n) is 6.53. The van der Waals surface area contributed by atoms with Crippen LogP contribution in [0.25, 0.3) is 0 Å². The third-order valence-corrected chi connectivity index (χ3v) is 3.01. The summed E-state index contributed by atoms with van der Waals surface area (Å²) in [5, 5.41) is 11.8. The quantitative estimate of drug-likeness (QED) is 0.870. The Morgan fingerprint density at radius 2 is 2.22 bits per heavy atom. The molecule has 0 amide bonds. The second kappa shape index (κ2) is 5.63. The first-order chi connectivity index (χ1) is 8.61. The maximum atomic E-state index is 5.69. The van der Waals surface area contributed by atoms with Crippen molar-refractivity contribution in [2.24, 2.45) is 0 Å². The van der Waals surface area contributed by atoms with Crippen LogP contribution in [0.5, 0.6) is 0 Å². The minimum Gasteiger partial charge on any atom is -0.372 e. The Morgan fingerprint density at radius 1 is 1.39 bits per heavy atom. The zero-order chi connectivity index (χ0) is 13.0.